The number of esters is 1. The smallest absolute Gasteiger partial charge is 0.338 e. The average Bonchev–Trinajstić information content (AvgIpc) is 2.17. The van der Waals surface area contributed by atoms with Gasteiger partial charge in [-0.2, -0.15) is 0 Å². The van der Waals surface area contributed by atoms with Crippen LogP contribution in [0.3, 0.4) is 0 Å². The molecule has 0 bridgehead atoms. The van der Waals surface area contributed by atoms with E-state index in [1.165, 1.54) is 13.8 Å². The van der Waals surface area contributed by atoms with Gasteiger partial charge < -0.3 is 15.6 Å². The molecule has 5 heteroatoms. The van der Waals surface area contributed by atoms with Gasteiger partial charge in [0.15, 0.2) is 0 Å². The van der Waals surface area contributed by atoms with E-state index in [1.807, 2.05) is 0 Å². The molecule has 0 spiro atoms. The number of carboxylic acid groups (broad SMARTS) is 1. The van der Waals surface area contributed by atoms with Crippen molar-refractivity contribution in [1.29, 1.82) is 0 Å². The van der Waals surface area contributed by atoms with E-state index in [1.54, 1.807) is 6.92 Å². The Labute approximate surface area is 91.0 Å². The van der Waals surface area contributed by atoms with Gasteiger partial charge in [0.1, 0.15) is 5.60 Å². The van der Waals surface area contributed by atoms with Crippen molar-refractivity contribution in [1.82, 2.24) is 0 Å². The molecule has 0 saturated carbocycles. The molecule has 0 aromatic rings. The number of ether oxygens (including phenoxy) is 1. The second kappa shape index (κ2) is 4.61. The summed E-state index contributed by atoms with van der Waals surface area (Å²) < 4.78 is 12.1. The lowest BCUT2D eigenvalue weighted by atomic mass is 9.95. The molecule has 0 aromatic carbocycles. The SMILES string of the molecule is [2H]CC(C)(C)OC(=O)C(N)(CCC)C(=O)O. The zero-order valence-electron chi connectivity index (χ0n) is 10.4. The fraction of sp³-hybridized carbons (Fsp3) is 0.800. The standard InChI is InChI=1S/C10H19NO4/c1-5-6-10(11,7(12)13)8(14)15-9(2,3)4/h5-6,11H2,1-4H3,(H,12,13)/i2D. The largest absolute Gasteiger partial charge is 0.479 e. The molecule has 1 atom stereocenters. The van der Waals surface area contributed by atoms with E-state index in [0.717, 1.165) is 0 Å². The van der Waals surface area contributed by atoms with Crippen molar-refractivity contribution in [2.45, 2.75) is 51.7 Å². The molecule has 0 aliphatic heterocycles. The number of rotatable bonds is 4. The summed E-state index contributed by atoms with van der Waals surface area (Å²) in [6.07, 6.45) is 0.467. The Morgan fingerprint density at radius 3 is 2.40 bits per heavy atom. The van der Waals surface area contributed by atoms with Gasteiger partial charge in [0.25, 0.3) is 0 Å². The highest BCUT2D eigenvalue weighted by Crippen LogP contribution is 2.17. The highest BCUT2D eigenvalue weighted by molar-refractivity contribution is 6.03. The number of hydrogen-bond acceptors (Lipinski definition) is 4. The number of carboxylic acids is 1. The third-order valence-corrected chi connectivity index (χ3v) is 1.76. The van der Waals surface area contributed by atoms with E-state index in [9.17, 15) is 9.59 Å². The van der Waals surface area contributed by atoms with E-state index in [-0.39, 0.29) is 13.3 Å². The second-order valence-electron chi connectivity index (χ2n) is 4.18. The molecule has 0 fully saturated rings. The van der Waals surface area contributed by atoms with Gasteiger partial charge in [0.2, 0.25) is 5.54 Å². The quantitative estimate of drug-likeness (QED) is 0.540. The van der Waals surface area contributed by atoms with Gasteiger partial charge in [0, 0.05) is 1.37 Å². The summed E-state index contributed by atoms with van der Waals surface area (Å²) in [6.45, 7) is 4.65. The number of hydrogen-bond donors (Lipinski definition) is 2. The summed E-state index contributed by atoms with van der Waals surface area (Å²) in [5.41, 5.74) is 2.49. The Kier molecular flexibility index (Phi) is 3.68. The Morgan fingerprint density at radius 2 is 2.07 bits per heavy atom. The van der Waals surface area contributed by atoms with Crippen LogP contribution in [0.15, 0.2) is 0 Å². The van der Waals surface area contributed by atoms with Gasteiger partial charge in [0.05, 0.1) is 0 Å². The number of nitrogens with two attached hydrogens (primary N) is 1. The Hall–Kier alpha value is -1.10. The molecule has 0 amide bonds. The van der Waals surface area contributed by atoms with Crippen molar-refractivity contribution in [2.75, 3.05) is 0 Å². The van der Waals surface area contributed by atoms with Crippen LogP contribution in [0.25, 0.3) is 0 Å². The lowest BCUT2D eigenvalue weighted by Crippen LogP contribution is -2.57. The predicted octanol–water partition coefficient (Wildman–Crippen LogP) is 0.910. The molecule has 0 aliphatic rings. The van der Waals surface area contributed by atoms with Crippen molar-refractivity contribution in [3.05, 3.63) is 0 Å². The second-order valence-corrected chi connectivity index (χ2v) is 4.18. The van der Waals surface area contributed by atoms with E-state index < -0.39 is 23.1 Å². The van der Waals surface area contributed by atoms with Gasteiger partial charge in [-0.15, -0.1) is 0 Å². The maximum atomic E-state index is 11.7. The average molecular weight is 218 g/mol. The molecule has 0 aliphatic carbocycles. The lowest BCUT2D eigenvalue weighted by molar-refractivity contribution is -0.169. The van der Waals surface area contributed by atoms with Crippen molar-refractivity contribution >= 4 is 11.9 Å². The minimum atomic E-state index is -2.01. The lowest BCUT2D eigenvalue weighted by Gasteiger charge is -2.27. The minimum Gasteiger partial charge on any atom is -0.479 e. The molecule has 0 saturated heterocycles. The first-order valence-electron chi connectivity index (χ1n) is 5.45. The van der Waals surface area contributed by atoms with E-state index in [2.05, 4.69) is 0 Å². The van der Waals surface area contributed by atoms with Crippen LogP contribution in [-0.4, -0.2) is 28.2 Å². The maximum absolute atomic E-state index is 11.7. The van der Waals surface area contributed by atoms with Crippen LogP contribution in [0.2, 0.25) is 0 Å². The summed E-state index contributed by atoms with van der Waals surface area (Å²) in [5, 5.41) is 8.93. The highest BCUT2D eigenvalue weighted by atomic mass is 16.6. The molecule has 88 valence electrons. The van der Waals surface area contributed by atoms with Gasteiger partial charge >= 0.3 is 11.9 Å². The molecule has 1 unspecified atom stereocenters. The van der Waals surface area contributed by atoms with Crippen LogP contribution in [0, 0.1) is 0 Å². The van der Waals surface area contributed by atoms with Crippen LogP contribution in [0.5, 0.6) is 0 Å². The van der Waals surface area contributed by atoms with Crippen LogP contribution >= 0.6 is 0 Å². The molecule has 15 heavy (non-hydrogen) atoms. The molecule has 0 heterocycles. The maximum Gasteiger partial charge on any atom is 0.338 e. The Balaban J connectivity index is 4.84. The Bertz CT molecular complexity index is 280. The van der Waals surface area contributed by atoms with Crippen molar-refractivity contribution < 1.29 is 20.8 Å². The topological polar surface area (TPSA) is 89.6 Å². The summed E-state index contributed by atoms with van der Waals surface area (Å²) in [5.74, 6) is -2.39. The predicted molar refractivity (Wildman–Crippen MR) is 55.3 cm³/mol. The van der Waals surface area contributed by atoms with Crippen LogP contribution in [-0.2, 0) is 14.3 Å². The third-order valence-electron chi connectivity index (χ3n) is 1.76. The molecule has 5 nitrogen and oxygen atoms in total. The molecular formula is C10H19NO4. The van der Waals surface area contributed by atoms with E-state index >= 15 is 0 Å². The van der Waals surface area contributed by atoms with Crippen molar-refractivity contribution in [3.8, 4) is 0 Å². The summed E-state index contributed by atoms with van der Waals surface area (Å²) in [6, 6.07) is 0. The third kappa shape index (κ3) is 3.87. The van der Waals surface area contributed by atoms with Crippen LogP contribution < -0.4 is 5.73 Å². The Morgan fingerprint density at radius 1 is 1.53 bits per heavy atom. The molecule has 0 aromatic heterocycles. The normalized spacial score (nSPS) is 16.4. The number of carbonyl (C=O) groups excluding carboxylic acids is 1. The van der Waals surface area contributed by atoms with Gasteiger partial charge in [-0.3, -0.25) is 0 Å². The van der Waals surface area contributed by atoms with Crippen molar-refractivity contribution in [2.24, 2.45) is 5.73 Å². The number of carbonyl (C=O) groups is 2. The van der Waals surface area contributed by atoms with Gasteiger partial charge in [-0.05, 0) is 27.2 Å². The fourth-order valence-corrected chi connectivity index (χ4v) is 1.03. The molecule has 3 N–H and O–H groups in total. The summed E-state index contributed by atoms with van der Waals surface area (Å²) in [7, 11) is 0. The zero-order valence-corrected chi connectivity index (χ0v) is 9.37. The van der Waals surface area contributed by atoms with E-state index in [4.69, 9.17) is 16.9 Å². The first-order chi connectivity index (χ1) is 7.19. The van der Waals surface area contributed by atoms with Gasteiger partial charge in [-0.25, -0.2) is 9.59 Å². The molecular weight excluding hydrogens is 198 g/mol. The fourth-order valence-electron chi connectivity index (χ4n) is 1.03. The summed E-state index contributed by atoms with van der Waals surface area (Å²) in [4.78, 5) is 22.6. The van der Waals surface area contributed by atoms with Crippen LogP contribution in [0.1, 0.15) is 41.9 Å². The zero-order chi connectivity index (χ0) is 13.0. The molecule has 0 rings (SSSR count). The minimum absolute atomic E-state index is 0.00917. The number of aliphatic carboxylic acids is 1. The molecule has 0 radical (unpaired) electrons. The van der Waals surface area contributed by atoms with Crippen molar-refractivity contribution in [3.63, 3.8) is 0 Å². The first kappa shape index (κ1) is 12.0. The van der Waals surface area contributed by atoms with E-state index in [0.29, 0.717) is 6.42 Å². The highest BCUT2D eigenvalue weighted by Gasteiger charge is 2.44. The first-order valence-corrected chi connectivity index (χ1v) is 4.74. The summed E-state index contributed by atoms with van der Waals surface area (Å²) >= 11 is 0. The van der Waals surface area contributed by atoms with Crippen LogP contribution in [0.4, 0.5) is 0 Å². The monoisotopic (exact) mass is 218 g/mol. The van der Waals surface area contributed by atoms with Gasteiger partial charge in [-0.1, -0.05) is 13.3 Å².